The minimum absolute atomic E-state index is 0.0733. The number of benzene rings is 2. The van der Waals surface area contributed by atoms with Gasteiger partial charge in [-0.1, -0.05) is 35.6 Å². The summed E-state index contributed by atoms with van der Waals surface area (Å²) in [4.78, 5) is 28.6. The van der Waals surface area contributed by atoms with Crippen LogP contribution in [0.5, 0.6) is 5.75 Å². The van der Waals surface area contributed by atoms with Crippen molar-refractivity contribution in [3.63, 3.8) is 0 Å². The van der Waals surface area contributed by atoms with Crippen LogP contribution in [-0.2, 0) is 9.59 Å². The van der Waals surface area contributed by atoms with Gasteiger partial charge in [-0.25, -0.2) is 4.98 Å². The zero-order valence-electron chi connectivity index (χ0n) is 12.5. The van der Waals surface area contributed by atoms with Gasteiger partial charge in [-0.3, -0.25) is 9.59 Å². The van der Waals surface area contributed by atoms with Crippen LogP contribution in [0, 0.1) is 0 Å². The second-order valence-corrected chi connectivity index (χ2v) is 6.36. The number of para-hydroxylation sites is 3. The van der Waals surface area contributed by atoms with Crippen molar-refractivity contribution in [1.29, 1.82) is 0 Å². The van der Waals surface area contributed by atoms with Crippen molar-refractivity contribution in [2.45, 2.75) is 12.5 Å². The van der Waals surface area contributed by atoms with E-state index in [0.717, 1.165) is 10.2 Å². The van der Waals surface area contributed by atoms with E-state index in [9.17, 15) is 9.59 Å². The first-order valence-electron chi connectivity index (χ1n) is 7.41. The van der Waals surface area contributed by atoms with Crippen LogP contribution in [0.2, 0.25) is 0 Å². The van der Waals surface area contributed by atoms with Gasteiger partial charge in [0.25, 0.3) is 5.91 Å². The zero-order chi connectivity index (χ0) is 16.5. The van der Waals surface area contributed by atoms with E-state index in [1.165, 1.54) is 11.3 Å². The van der Waals surface area contributed by atoms with Crippen molar-refractivity contribution in [2.75, 3.05) is 10.6 Å². The number of aromatic nitrogens is 1. The molecular weight excluding hydrogens is 326 g/mol. The highest BCUT2D eigenvalue weighted by molar-refractivity contribution is 7.22. The molecule has 0 saturated carbocycles. The van der Waals surface area contributed by atoms with Gasteiger partial charge in [-0.05, 0) is 24.3 Å². The smallest absolute Gasteiger partial charge is 0.266 e. The first-order chi connectivity index (χ1) is 11.7. The molecule has 2 heterocycles. The Kier molecular flexibility index (Phi) is 3.62. The molecule has 120 valence electrons. The number of hydrogen-bond donors (Lipinski definition) is 2. The molecule has 0 radical (unpaired) electrons. The van der Waals surface area contributed by atoms with Gasteiger partial charge >= 0.3 is 0 Å². The average Bonchev–Trinajstić information content (AvgIpc) is 2.97. The summed E-state index contributed by atoms with van der Waals surface area (Å²) in [6.07, 6.45) is -0.926. The first-order valence-corrected chi connectivity index (χ1v) is 8.23. The SMILES string of the molecule is O=C(CC1Oc2ccccc2NC1=O)Nc1nc2ccccc2s1. The largest absolute Gasteiger partial charge is 0.478 e. The molecule has 0 aliphatic carbocycles. The fourth-order valence-corrected chi connectivity index (χ4v) is 3.37. The molecule has 0 saturated heterocycles. The molecule has 1 unspecified atom stereocenters. The van der Waals surface area contributed by atoms with Crippen LogP contribution < -0.4 is 15.4 Å². The first kappa shape index (κ1) is 14.6. The number of carbonyl (C=O) groups is 2. The Bertz CT molecular complexity index is 904. The van der Waals surface area contributed by atoms with Gasteiger partial charge in [-0.15, -0.1) is 0 Å². The maximum Gasteiger partial charge on any atom is 0.266 e. The molecule has 1 aliphatic rings. The van der Waals surface area contributed by atoms with Gasteiger partial charge in [0, 0.05) is 0 Å². The highest BCUT2D eigenvalue weighted by Gasteiger charge is 2.29. The van der Waals surface area contributed by atoms with E-state index >= 15 is 0 Å². The lowest BCUT2D eigenvalue weighted by Crippen LogP contribution is -2.39. The van der Waals surface area contributed by atoms with Crippen molar-refractivity contribution < 1.29 is 14.3 Å². The normalized spacial score (nSPS) is 16.2. The summed E-state index contributed by atoms with van der Waals surface area (Å²) in [5.41, 5.74) is 1.45. The number of fused-ring (bicyclic) bond motifs is 2. The third-order valence-electron chi connectivity index (χ3n) is 3.62. The molecule has 2 amide bonds. The Balaban J connectivity index is 1.45. The monoisotopic (exact) mass is 339 g/mol. The topological polar surface area (TPSA) is 80.3 Å². The van der Waals surface area contributed by atoms with Crippen LogP contribution in [0.1, 0.15) is 6.42 Å². The van der Waals surface area contributed by atoms with Gasteiger partial charge in [0.2, 0.25) is 5.91 Å². The Morgan fingerprint density at radius 3 is 2.88 bits per heavy atom. The standard InChI is InChI=1S/C17H13N3O3S/c21-15(20-17-19-11-6-2-4-8-14(11)24-17)9-13-16(22)18-10-5-1-3-7-12(10)23-13/h1-8,13H,9H2,(H,18,22)(H,19,20,21). The third-order valence-corrected chi connectivity index (χ3v) is 4.57. The van der Waals surface area contributed by atoms with E-state index in [-0.39, 0.29) is 18.2 Å². The van der Waals surface area contributed by atoms with Crippen LogP contribution in [-0.4, -0.2) is 22.9 Å². The third kappa shape index (κ3) is 2.81. The molecule has 1 atom stereocenters. The lowest BCUT2D eigenvalue weighted by Gasteiger charge is -2.25. The molecule has 4 rings (SSSR count). The van der Waals surface area contributed by atoms with Crippen molar-refractivity contribution in [3.8, 4) is 5.75 Å². The number of anilines is 2. The summed E-state index contributed by atoms with van der Waals surface area (Å²) in [5, 5.41) is 5.99. The maximum absolute atomic E-state index is 12.2. The molecular formula is C17H13N3O3S. The summed E-state index contributed by atoms with van der Waals surface area (Å²) >= 11 is 1.39. The van der Waals surface area contributed by atoms with Gasteiger partial charge < -0.3 is 15.4 Å². The number of carbonyl (C=O) groups excluding carboxylic acids is 2. The fourth-order valence-electron chi connectivity index (χ4n) is 2.49. The number of amides is 2. The summed E-state index contributed by atoms with van der Waals surface area (Å²) < 4.78 is 6.62. The quantitative estimate of drug-likeness (QED) is 0.769. The minimum Gasteiger partial charge on any atom is -0.478 e. The molecule has 1 aromatic heterocycles. The highest BCUT2D eigenvalue weighted by atomic mass is 32.1. The molecule has 3 aromatic rings. The van der Waals surface area contributed by atoms with Crippen LogP contribution >= 0.6 is 11.3 Å². The molecule has 7 heteroatoms. The second kappa shape index (κ2) is 5.93. The fraction of sp³-hybridized carbons (Fsp3) is 0.118. The van der Waals surface area contributed by atoms with Crippen LogP contribution in [0.15, 0.2) is 48.5 Å². The lowest BCUT2D eigenvalue weighted by molar-refractivity contribution is -0.128. The van der Waals surface area contributed by atoms with Crippen molar-refractivity contribution >= 4 is 44.2 Å². The van der Waals surface area contributed by atoms with E-state index in [4.69, 9.17) is 4.74 Å². The van der Waals surface area contributed by atoms with Crippen LogP contribution in [0.25, 0.3) is 10.2 Å². The second-order valence-electron chi connectivity index (χ2n) is 5.33. The number of hydrogen-bond acceptors (Lipinski definition) is 5. The molecule has 0 fully saturated rings. The summed E-state index contributed by atoms with van der Waals surface area (Å²) in [5.74, 6) is -0.0726. The molecule has 1 aliphatic heterocycles. The molecule has 0 bridgehead atoms. The Labute approximate surface area is 141 Å². The van der Waals surface area contributed by atoms with E-state index in [0.29, 0.717) is 16.6 Å². The lowest BCUT2D eigenvalue weighted by atomic mass is 10.1. The van der Waals surface area contributed by atoms with Gasteiger partial charge in [-0.2, -0.15) is 0 Å². The van der Waals surface area contributed by atoms with E-state index < -0.39 is 6.10 Å². The van der Waals surface area contributed by atoms with Gasteiger partial charge in [0.05, 0.1) is 22.3 Å². The Morgan fingerprint density at radius 2 is 2.00 bits per heavy atom. The van der Waals surface area contributed by atoms with Crippen LogP contribution in [0.3, 0.4) is 0 Å². The van der Waals surface area contributed by atoms with E-state index in [1.54, 1.807) is 12.1 Å². The predicted octanol–water partition coefficient (Wildman–Crippen LogP) is 3.02. The van der Waals surface area contributed by atoms with Crippen molar-refractivity contribution in [2.24, 2.45) is 0 Å². The van der Waals surface area contributed by atoms with Crippen molar-refractivity contribution in [3.05, 3.63) is 48.5 Å². The summed E-state index contributed by atoms with van der Waals surface area (Å²) in [6, 6.07) is 14.8. The number of thiazole rings is 1. The number of rotatable bonds is 3. The Hall–Kier alpha value is -2.93. The van der Waals surface area contributed by atoms with Crippen LogP contribution in [0.4, 0.5) is 10.8 Å². The minimum atomic E-state index is -0.853. The molecule has 2 aromatic carbocycles. The number of nitrogens with one attached hydrogen (secondary N) is 2. The van der Waals surface area contributed by atoms with Gasteiger partial charge in [0.1, 0.15) is 5.75 Å². The predicted molar refractivity (Wildman–Crippen MR) is 92.4 cm³/mol. The number of ether oxygens (including phenoxy) is 1. The van der Waals surface area contributed by atoms with E-state index in [2.05, 4.69) is 15.6 Å². The molecule has 2 N–H and O–H groups in total. The molecule has 6 nitrogen and oxygen atoms in total. The zero-order valence-corrected chi connectivity index (χ0v) is 13.3. The highest BCUT2D eigenvalue weighted by Crippen LogP contribution is 2.30. The summed E-state index contributed by atoms with van der Waals surface area (Å²) in [7, 11) is 0. The number of nitrogens with zero attached hydrogens (tertiary/aromatic N) is 1. The average molecular weight is 339 g/mol. The molecule has 24 heavy (non-hydrogen) atoms. The molecule has 0 spiro atoms. The van der Waals surface area contributed by atoms with Crippen molar-refractivity contribution in [1.82, 2.24) is 4.98 Å². The van der Waals surface area contributed by atoms with E-state index in [1.807, 2.05) is 36.4 Å². The summed E-state index contributed by atoms with van der Waals surface area (Å²) in [6.45, 7) is 0. The van der Waals surface area contributed by atoms with Gasteiger partial charge in [0.15, 0.2) is 11.2 Å². The Morgan fingerprint density at radius 1 is 1.21 bits per heavy atom. The maximum atomic E-state index is 12.2.